The molecule has 0 unspecified atom stereocenters. The van der Waals surface area contributed by atoms with Gasteiger partial charge < -0.3 is 0 Å². The Bertz CT molecular complexity index is 203. The third-order valence-electron chi connectivity index (χ3n) is 1.37. The standard InChI is InChI=1S/C6H5.C2H6S.ClH.Ga/c1-2-4-6-5-3-1;1-2-3;;/h1-5H;3H,2H2,1H3;1H;/q;;;+2/p-2. The Morgan fingerprint density at radius 3 is 2.55 bits per heavy atom. The van der Waals surface area contributed by atoms with Gasteiger partial charge in [-0.1, -0.05) is 0 Å². The van der Waals surface area contributed by atoms with E-state index in [0.717, 1.165) is 5.75 Å². The average molecular weight is 243 g/mol. The van der Waals surface area contributed by atoms with E-state index in [2.05, 4.69) is 31.2 Å². The third kappa shape index (κ3) is 3.16. The molecule has 11 heavy (non-hydrogen) atoms. The van der Waals surface area contributed by atoms with E-state index >= 15 is 0 Å². The summed E-state index contributed by atoms with van der Waals surface area (Å²) in [5.41, 5.74) is 0. The average Bonchev–Trinajstić information content (AvgIpc) is 2.07. The van der Waals surface area contributed by atoms with Crippen molar-refractivity contribution in [2.24, 2.45) is 0 Å². The monoisotopic (exact) mass is 242 g/mol. The summed E-state index contributed by atoms with van der Waals surface area (Å²) in [4.78, 5) is 0. The molecule has 0 N–H and O–H groups in total. The predicted octanol–water partition coefficient (Wildman–Crippen LogP) is 2.37. The van der Waals surface area contributed by atoms with E-state index in [1.165, 1.54) is 4.12 Å². The maximum absolute atomic E-state index is 6.26. The van der Waals surface area contributed by atoms with E-state index in [1.807, 2.05) is 15.8 Å². The summed E-state index contributed by atoms with van der Waals surface area (Å²) in [6.07, 6.45) is 0. The van der Waals surface area contributed by atoms with Gasteiger partial charge in [0.25, 0.3) is 0 Å². The number of rotatable bonds is 3. The normalized spacial score (nSPS) is 9.64. The van der Waals surface area contributed by atoms with E-state index in [0.29, 0.717) is 0 Å². The van der Waals surface area contributed by atoms with Gasteiger partial charge in [0, 0.05) is 0 Å². The van der Waals surface area contributed by atoms with E-state index in [9.17, 15) is 0 Å². The summed E-state index contributed by atoms with van der Waals surface area (Å²) >= 11 is -1.62. The second-order valence-electron chi connectivity index (χ2n) is 2.18. The Kier molecular flexibility index (Phi) is 4.53. The summed E-state index contributed by atoms with van der Waals surface area (Å²) in [7, 11) is 8.19. The molecule has 1 rings (SSSR count). The topological polar surface area (TPSA) is 0 Å². The minimum absolute atomic E-state index is 1.14. The van der Waals surface area contributed by atoms with E-state index in [4.69, 9.17) is 9.64 Å². The van der Waals surface area contributed by atoms with Crippen LogP contribution in [0.5, 0.6) is 0 Å². The molecule has 0 spiro atoms. The van der Waals surface area contributed by atoms with Crippen LogP contribution in [0.4, 0.5) is 0 Å². The molecule has 0 fully saturated rings. The zero-order chi connectivity index (χ0) is 8.10. The van der Waals surface area contributed by atoms with Crippen LogP contribution in [0.3, 0.4) is 0 Å². The molecule has 0 atom stereocenters. The second-order valence-corrected chi connectivity index (χ2v) is 14.0. The predicted molar refractivity (Wildman–Crippen MR) is 55.8 cm³/mol. The van der Waals surface area contributed by atoms with Gasteiger partial charge in [0.15, 0.2) is 0 Å². The van der Waals surface area contributed by atoms with Crippen molar-refractivity contribution in [2.75, 3.05) is 5.75 Å². The van der Waals surface area contributed by atoms with E-state index in [1.54, 1.807) is 0 Å². The Hall–Kier alpha value is 0.496. The summed E-state index contributed by atoms with van der Waals surface area (Å²) in [5.74, 6) is 1.14. The van der Waals surface area contributed by atoms with Gasteiger partial charge in [-0.25, -0.2) is 0 Å². The van der Waals surface area contributed by atoms with Gasteiger partial charge in [0.05, 0.1) is 0 Å². The minimum atomic E-state index is -1.62. The first-order valence-electron chi connectivity index (χ1n) is 3.65. The van der Waals surface area contributed by atoms with Crippen molar-refractivity contribution < 1.29 is 0 Å². The van der Waals surface area contributed by atoms with Crippen LogP contribution < -0.4 is 4.12 Å². The van der Waals surface area contributed by atoms with E-state index in [-0.39, 0.29) is 0 Å². The molecular formula is C8H10ClGaS. The fourth-order valence-electron chi connectivity index (χ4n) is 0.847. The Labute approximate surface area is 80.2 Å². The van der Waals surface area contributed by atoms with Crippen molar-refractivity contribution in [2.45, 2.75) is 6.92 Å². The SMILES string of the molecule is CC[S][Ga]([Cl])[c]1ccccc1. The van der Waals surface area contributed by atoms with Gasteiger partial charge in [0.1, 0.15) is 0 Å². The molecule has 0 saturated heterocycles. The van der Waals surface area contributed by atoms with Crippen LogP contribution in [0.25, 0.3) is 0 Å². The molecule has 0 radical (unpaired) electrons. The molecule has 58 valence electrons. The molecule has 0 aliphatic carbocycles. The van der Waals surface area contributed by atoms with Crippen molar-refractivity contribution in [3.05, 3.63) is 30.3 Å². The zero-order valence-electron chi connectivity index (χ0n) is 6.46. The molecule has 0 aliphatic heterocycles. The van der Waals surface area contributed by atoms with Gasteiger partial charge in [-0.2, -0.15) is 0 Å². The first-order chi connectivity index (χ1) is 5.34. The molecule has 3 heteroatoms. The van der Waals surface area contributed by atoms with Gasteiger partial charge in [-0.3, -0.25) is 0 Å². The number of benzene rings is 1. The molecule has 0 aliphatic rings. The molecule has 1 aromatic carbocycles. The van der Waals surface area contributed by atoms with Gasteiger partial charge in [-0.05, 0) is 0 Å². The van der Waals surface area contributed by atoms with Crippen LogP contribution in [-0.4, -0.2) is 19.7 Å². The summed E-state index contributed by atoms with van der Waals surface area (Å²) in [6.45, 7) is 2.16. The van der Waals surface area contributed by atoms with Crippen LogP contribution >= 0.6 is 19.3 Å². The van der Waals surface area contributed by atoms with Crippen molar-refractivity contribution in [1.29, 1.82) is 0 Å². The molecule has 0 aromatic heterocycles. The Morgan fingerprint density at radius 2 is 2.00 bits per heavy atom. The first-order valence-corrected chi connectivity index (χ1v) is 12.1. The zero-order valence-corrected chi connectivity index (χ0v) is 10.5. The first kappa shape index (κ1) is 9.58. The maximum atomic E-state index is 6.26. The second kappa shape index (κ2) is 5.20. The molecule has 0 heterocycles. The molecule has 0 amide bonds. The molecule has 0 saturated carbocycles. The van der Waals surface area contributed by atoms with Gasteiger partial charge >= 0.3 is 80.4 Å². The van der Waals surface area contributed by atoms with Crippen LogP contribution in [-0.2, 0) is 0 Å². The summed E-state index contributed by atoms with van der Waals surface area (Å²) < 4.78 is 1.38. The van der Waals surface area contributed by atoms with Gasteiger partial charge in [-0.15, -0.1) is 0 Å². The molecule has 0 nitrogen and oxygen atoms in total. The van der Waals surface area contributed by atoms with Crippen LogP contribution in [0.1, 0.15) is 6.92 Å². The van der Waals surface area contributed by atoms with Crippen molar-refractivity contribution in [3.63, 3.8) is 0 Å². The van der Waals surface area contributed by atoms with Crippen LogP contribution in [0, 0.1) is 0 Å². The van der Waals surface area contributed by atoms with Gasteiger partial charge in [0.2, 0.25) is 0 Å². The molecular weight excluding hydrogens is 233 g/mol. The van der Waals surface area contributed by atoms with Crippen molar-refractivity contribution in [3.8, 4) is 0 Å². The van der Waals surface area contributed by atoms with E-state index < -0.39 is 14.0 Å². The molecule has 1 aromatic rings. The fraction of sp³-hybridized carbons (Fsp3) is 0.250. The number of hydrogen-bond donors (Lipinski definition) is 0. The van der Waals surface area contributed by atoms with Crippen LogP contribution in [0.2, 0.25) is 0 Å². The quantitative estimate of drug-likeness (QED) is 0.735. The molecule has 0 bridgehead atoms. The number of halogens is 1. The Morgan fingerprint density at radius 1 is 1.36 bits per heavy atom. The Balaban J connectivity index is 2.61. The van der Waals surface area contributed by atoms with Crippen molar-refractivity contribution in [1.82, 2.24) is 0 Å². The summed E-state index contributed by atoms with van der Waals surface area (Å²) in [5, 5.41) is 0. The van der Waals surface area contributed by atoms with Crippen molar-refractivity contribution >= 4 is 37.4 Å². The van der Waals surface area contributed by atoms with Crippen LogP contribution in [0.15, 0.2) is 30.3 Å². The summed E-state index contributed by atoms with van der Waals surface area (Å²) in [6, 6.07) is 10.4. The third-order valence-corrected chi connectivity index (χ3v) is 12.5. The number of hydrogen-bond acceptors (Lipinski definition) is 1. The fourth-order valence-corrected chi connectivity index (χ4v) is 9.02.